The molecule has 1 aromatic heterocycles. The maximum absolute atomic E-state index is 12.6. The van der Waals surface area contributed by atoms with Gasteiger partial charge in [0.2, 0.25) is 0 Å². The van der Waals surface area contributed by atoms with Crippen LogP contribution in [0.3, 0.4) is 0 Å². The number of hydrogen-bond acceptors (Lipinski definition) is 4. The molecule has 1 aliphatic carbocycles. The molecule has 1 saturated carbocycles. The molecule has 5 heteroatoms. The SMILES string of the molecule is Cc1ccc2c(c1)C(=O)C(=O)N2CN1CCc2sccc2[C@@H]1C1CC1. The van der Waals surface area contributed by atoms with Crippen molar-refractivity contribution in [1.82, 2.24) is 4.90 Å². The van der Waals surface area contributed by atoms with Gasteiger partial charge in [0.25, 0.3) is 5.78 Å². The van der Waals surface area contributed by atoms with Crippen molar-refractivity contribution in [3.8, 4) is 0 Å². The number of aryl methyl sites for hydroxylation is 1. The van der Waals surface area contributed by atoms with Crippen molar-refractivity contribution in [1.29, 1.82) is 0 Å². The van der Waals surface area contributed by atoms with Crippen molar-refractivity contribution in [2.45, 2.75) is 32.2 Å². The molecule has 5 rings (SSSR count). The number of fused-ring (bicyclic) bond motifs is 2. The molecule has 0 N–H and O–H groups in total. The molecule has 1 amide bonds. The molecule has 1 aromatic carbocycles. The Labute approximate surface area is 151 Å². The van der Waals surface area contributed by atoms with Gasteiger partial charge in [0.05, 0.1) is 17.9 Å². The van der Waals surface area contributed by atoms with Crippen molar-refractivity contribution >= 4 is 28.7 Å². The van der Waals surface area contributed by atoms with Crippen molar-refractivity contribution in [3.63, 3.8) is 0 Å². The van der Waals surface area contributed by atoms with E-state index in [2.05, 4.69) is 16.3 Å². The zero-order valence-corrected chi connectivity index (χ0v) is 15.0. The van der Waals surface area contributed by atoms with Crippen LogP contribution >= 0.6 is 11.3 Å². The molecule has 2 aromatic rings. The standard InChI is InChI=1S/C20H20N2O2S/c1-12-2-5-16-15(10-12)19(23)20(24)22(16)11-21-8-6-17-14(7-9-25-17)18(21)13-3-4-13/h2,5,7,9-10,13,18H,3-4,6,8,11H2,1H3/t18-/m0/s1. The Bertz CT molecular complexity index is 884. The summed E-state index contributed by atoms with van der Waals surface area (Å²) in [5.74, 6) is -0.0549. The van der Waals surface area contributed by atoms with Crippen LogP contribution in [-0.2, 0) is 11.2 Å². The van der Waals surface area contributed by atoms with E-state index in [0.717, 1.165) is 24.2 Å². The lowest BCUT2D eigenvalue weighted by Crippen LogP contribution is -2.45. The number of ketones is 1. The summed E-state index contributed by atoms with van der Waals surface area (Å²) in [5.41, 5.74) is 3.78. The van der Waals surface area contributed by atoms with E-state index in [0.29, 0.717) is 24.2 Å². The van der Waals surface area contributed by atoms with E-state index < -0.39 is 0 Å². The number of carbonyl (C=O) groups excluding carboxylic acids is 2. The highest BCUT2D eigenvalue weighted by Crippen LogP contribution is 2.48. The molecular weight excluding hydrogens is 332 g/mol. The van der Waals surface area contributed by atoms with E-state index in [9.17, 15) is 9.59 Å². The van der Waals surface area contributed by atoms with Crippen LogP contribution in [0, 0.1) is 12.8 Å². The third-order valence-corrected chi connectivity index (χ3v) is 6.63. The minimum Gasteiger partial charge on any atom is -0.291 e. The Kier molecular flexibility index (Phi) is 3.37. The average molecular weight is 352 g/mol. The highest BCUT2D eigenvalue weighted by atomic mass is 32.1. The maximum atomic E-state index is 12.6. The Balaban J connectivity index is 1.48. The summed E-state index contributed by atoms with van der Waals surface area (Å²) >= 11 is 1.85. The van der Waals surface area contributed by atoms with Crippen molar-refractivity contribution in [2.24, 2.45) is 5.92 Å². The lowest BCUT2D eigenvalue weighted by molar-refractivity contribution is -0.114. The monoisotopic (exact) mass is 352 g/mol. The zero-order chi connectivity index (χ0) is 17.1. The molecule has 128 valence electrons. The van der Waals surface area contributed by atoms with E-state index in [1.807, 2.05) is 36.5 Å². The van der Waals surface area contributed by atoms with Gasteiger partial charge in [-0.25, -0.2) is 0 Å². The van der Waals surface area contributed by atoms with E-state index in [1.54, 1.807) is 4.90 Å². The number of nitrogens with zero attached hydrogens (tertiary/aromatic N) is 2. The largest absolute Gasteiger partial charge is 0.300 e. The molecule has 0 bridgehead atoms. The van der Waals surface area contributed by atoms with Crippen molar-refractivity contribution < 1.29 is 9.59 Å². The van der Waals surface area contributed by atoms with Gasteiger partial charge in [-0.2, -0.15) is 0 Å². The highest BCUT2D eigenvalue weighted by molar-refractivity contribution is 7.10. The summed E-state index contributed by atoms with van der Waals surface area (Å²) in [6.07, 6.45) is 3.56. The quantitative estimate of drug-likeness (QED) is 0.793. The number of rotatable bonds is 3. The lowest BCUT2D eigenvalue weighted by atomic mass is 9.96. The molecule has 25 heavy (non-hydrogen) atoms. The average Bonchev–Trinajstić information content (AvgIpc) is 3.29. The Morgan fingerprint density at radius 3 is 2.84 bits per heavy atom. The first-order chi connectivity index (χ1) is 12.1. The maximum Gasteiger partial charge on any atom is 0.300 e. The third-order valence-electron chi connectivity index (χ3n) is 5.64. The van der Waals surface area contributed by atoms with Crippen LogP contribution in [-0.4, -0.2) is 29.8 Å². The number of thiophene rings is 1. The van der Waals surface area contributed by atoms with Gasteiger partial charge in [0.15, 0.2) is 0 Å². The molecule has 3 aliphatic rings. The van der Waals surface area contributed by atoms with Crippen molar-refractivity contribution in [2.75, 3.05) is 18.1 Å². The number of hydrogen-bond donors (Lipinski definition) is 0. The van der Waals surface area contributed by atoms with Gasteiger partial charge >= 0.3 is 5.91 Å². The highest BCUT2D eigenvalue weighted by Gasteiger charge is 2.43. The van der Waals surface area contributed by atoms with Gasteiger partial charge in [-0.05, 0) is 61.2 Å². The molecule has 0 saturated heterocycles. The number of amides is 1. The molecule has 4 nitrogen and oxygen atoms in total. The molecule has 2 aliphatic heterocycles. The second kappa shape index (κ2) is 5.51. The van der Waals surface area contributed by atoms with Gasteiger partial charge in [-0.3, -0.25) is 19.4 Å². The summed E-state index contributed by atoms with van der Waals surface area (Å²) in [4.78, 5) is 30.6. The third kappa shape index (κ3) is 2.37. The molecule has 0 spiro atoms. The van der Waals surface area contributed by atoms with Crippen LogP contribution in [0.25, 0.3) is 0 Å². The lowest BCUT2D eigenvalue weighted by Gasteiger charge is -2.38. The van der Waals surface area contributed by atoms with Gasteiger partial charge in [-0.15, -0.1) is 11.3 Å². The first-order valence-corrected chi connectivity index (χ1v) is 9.78. The summed E-state index contributed by atoms with van der Waals surface area (Å²) < 4.78 is 0. The normalized spacial score (nSPS) is 23.1. The van der Waals surface area contributed by atoms with Gasteiger partial charge in [0.1, 0.15) is 0 Å². The minimum absolute atomic E-state index is 0.366. The molecule has 1 atom stereocenters. The summed E-state index contributed by atoms with van der Waals surface area (Å²) in [7, 11) is 0. The Hall–Kier alpha value is -1.98. The Morgan fingerprint density at radius 1 is 1.20 bits per heavy atom. The number of Topliss-reactive ketones (excluding diaryl/α,β-unsaturated/α-hetero) is 1. The minimum atomic E-state index is -0.383. The number of benzene rings is 1. The zero-order valence-electron chi connectivity index (χ0n) is 14.2. The molecular formula is C20H20N2O2S. The first-order valence-electron chi connectivity index (χ1n) is 8.90. The fraction of sp³-hybridized carbons (Fsp3) is 0.400. The number of anilines is 1. The second-order valence-electron chi connectivity index (χ2n) is 7.37. The predicted molar refractivity (Wildman–Crippen MR) is 98.1 cm³/mol. The molecule has 3 heterocycles. The van der Waals surface area contributed by atoms with Crippen LogP contribution in [0.5, 0.6) is 0 Å². The molecule has 1 fully saturated rings. The topological polar surface area (TPSA) is 40.6 Å². The summed E-state index contributed by atoms with van der Waals surface area (Å²) in [6.45, 7) is 3.41. The molecule has 0 radical (unpaired) electrons. The first kappa shape index (κ1) is 15.3. The van der Waals surface area contributed by atoms with E-state index in [1.165, 1.54) is 23.3 Å². The van der Waals surface area contributed by atoms with Crippen LogP contribution in [0.4, 0.5) is 5.69 Å². The van der Waals surface area contributed by atoms with Gasteiger partial charge < -0.3 is 0 Å². The van der Waals surface area contributed by atoms with E-state index in [-0.39, 0.29) is 11.7 Å². The van der Waals surface area contributed by atoms with Crippen LogP contribution < -0.4 is 4.90 Å². The van der Waals surface area contributed by atoms with Crippen LogP contribution in [0.1, 0.15) is 45.2 Å². The van der Waals surface area contributed by atoms with Gasteiger partial charge in [-0.1, -0.05) is 11.6 Å². The van der Waals surface area contributed by atoms with Crippen molar-refractivity contribution in [3.05, 3.63) is 51.2 Å². The fourth-order valence-electron chi connectivity index (χ4n) is 4.26. The summed E-state index contributed by atoms with van der Waals surface area (Å²) in [5, 5.41) is 2.19. The summed E-state index contributed by atoms with van der Waals surface area (Å²) in [6, 6.07) is 8.38. The fourth-order valence-corrected chi connectivity index (χ4v) is 5.17. The Morgan fingerprint density at radius 2 is 2.04 bits per heavy atom. The van der Waals surface area contributed by atoms with Crippen LogP contribution in [0.2, 0.25) is 0 Å². The second-order valence-corrected chi connectivity index (χ2v) is 8.37. The number of carbonyl (C=O) groups is 2. The molecule has 0 unspecified atom stereocenters. The van der Waals surface area contributed by atoms with Crippen LogP contribution in [0.15, 0.2) is 29.6 Å². The predicted octanol–water partition coefficient (Wildman–Crippen LogP) is 3.55. The van der Waals surface area contributed by atoms with E-state index >= 15 is 0 Å². The smallest absolute Gasteiger partial charge is 0.291 e. The van der Waals surface area contributed by atoms with E-state index in [4.69, 9.17) is 0 Å². The van der Waals surface area contributed by atoms with Gasteiger partial charge in [0, 0.05) is 17.5 Å².